The third kappa shape index (κ3) is 4.34. The molecular weight excluding hydrogens is 194 g/mol. The molecule has 0 aliphatic heterocycles. The first-order chi connectivity index (χ1) is 7.24. The van der Waals surface area contributed by atoms with Gasteiger partial charge in [-0.1, -0.05) is 12.8 Å². The molecule has 0 aromatic heterocycles. The Morgan fingerprint density at radius 1 is 1.53 bits per heavy atom. The number of ether oxygens (including phenoxy) is 1. The van der Waals surface area contributed by atoms with Crippen LogP contribution in [0.5, 0.6) is 0 Å². The van der Waals surface area contributed by atoms with Gasteiger partial charge >= 0.3 is 5.97 Å². The third-order valence-electron chi connectivity index (χ3n) is 2.79. The van der Waals surface area contributed by atoms with Crippen LogP contribution in [0.1, 0.15) is 25.7 Å². The highest BCUT2D eigenvalue weighted by Gasteiger charge is 2.21. The number of hydrogen-bond acceptors (Lipinski definition) is 4. The van der Waals surface area contributed by atoms with E-state index in [0.717, 1.165) is 19.3 Å². The van der Waals surface area contributed by atoms with Gasteiger partial charge in [0.25, 0.3) is 0 Å². The Bertz CT molecular complexity index is 228. The second-order valence-corrected chi connectivity index (χ2v) is 3.88. The summed E-state index contributed by atoms with van der Waals surface area (Å²) < 4.78 is 4.45. The maximum absolute atomic E-state index is 10.7. The van der Waals surface area contributed by atoms with Gasteiger partial charge in [-0.15, -0.1) is 0 Å². The van der Waals surface area contributed by atoms with Crippen LogP contribution < -0.4 is 5.32 Å². The number of carbonyl (C=O) groups excluding carboxylic acids is 1. The van der Waals surface area contributed by atoms with E-state index in [2.05, 4.69) is 10.1 Å². The second kappa shape index (κ2) is 6.45. The molecule has 1 aliphatic rings. The van der Waals surface area contributed by atoms with Crippen LogP contribution in [-0.2, 0) is 9.53 Å². The van der Waals surface area contributed by atoms with Gasteiger partial charge in [0.1, 0.15) is 0 Å². The average molecular weight is 213 g/mol. The molecule has 1 aliphatic carbocycles. The van der Waals surface area contributed by atoms with Crippen LogP contribution in [-0.4, -0.2) is 30.8 Å². The number of esters is 1. The fraction of sp³-hybridized carbons (Fsp3) is 0.727. The Hall–Kier alpha value is -1.03. The van der Waals surface area contributed by atoms with Gasteiger partial charge in [-0.2, -0.15) is 0 Å². The van der Waals surface area contributed by atoms with Crippen molar-refractivity contribution in [3.8, 4) is 0 Å². The van der Waals surface area contributed by atoms with E-state index in [-0.39, 0.29) is 12.1 Å². The molecule has 0 heterocycles. The van der Waals surface area contributed by atoms with Crippen molar-refractivity contribution in [2.75, 3.05) is 13.7 Å². The van der Waals surface area contributed by atoms with Gasteiger partial charge < -0.3 is 15.2 Å². The first-order valence-corrected chi connectivity index (χ1v) is 5.40. The summed E-state index contributed by atoms with van der Waals surface area (Å²) in [5.74, 6) is -0.0623. The number of aliphatic hydroxyl groups is 1. The molecule has 4 heteroatoms. The van der Waals surface area contributed by atoms with E-state index in [0.29, 0.717) is 12.5 Å². The quantitative estimate of drug-likeness (QED) is 0.536. The van der Waals surface area contributed by atoms with E-state index in [4.69, 9.17) is 0 Å². The van der Waals surface area contributed by atoms with Crippen LogP contribution in [0.15, 0.2) is 12.3 Å². The molecular formula is C11H19NO3. The molecule has 0 bridgehead atoms. The zero-order chi connectivity index (χ0) is 11.1. The summed E-state index contributed by atoms with van der Waals surface area (Å²) in [7, 11) is 1.34. The fourth-order valence-corrected chi connectivity index (χ4v) is 1.84. The Morgan fingerprint density at radius 2 is 2.27 bits per heavy atom. The SMILES string of the molecule is COC(=O)/C=C/NCC1CCCCC1O. The topological polar surface area (TPSA) is 58.6 Å². The zero-order valence-electron chi connectivity index (χ0n) is 9.11. The van der Waals surface area contributed by atoms with Crippen molar-refractivity contribution in [2.45, 2.75) is 31.8 Å². The monoisotopic (exact) mass is 213 g/mol. The largest absolute Gasteiger partial charge is 0.466 e. The normalized spacial score (nSPS) is 26.5. The number of carbonyl (C=O) groups is 1. The highest BCUT2D eigenvalue weighted by molar-refractivity contribution is 5.81. The van der Waals surface area contributed by atoms with Crippen LogP contribution in [0.2, 0.25) is 0 Å². The molecule has 15 heavy (non-hydrogen) atoms. The second-order valence-electron chi connectivity index (χ2n) is 3.88. The van der Waals surface area contributed by atoms with Crippen LogP contribution in [0.3, 0.4) is 0 Å². The standard InChI is InChI=1S/C11H19NO3/c1-15-11(14)6-7-12-8-9-4-2-3-5-10(9)13/h6-7,9-10,12-13H,2-5,8H2,1H3/b7-6+. The van der Waals surface area contributed by atoms with E-state index in [9.17, 15) is 9.90 Å². The maximum Gasteiger partial charge on any atom is 0.331 e. The summed E-state index contributed by atoms with van der Waals surface area (Å²) >= 11 is 0. The Morgan fingerprint density at radius 3 is 2.93 bits per heavy atom. The van der Waals surface area contributed by atoms with Crippen molar-refractivity contribution in [3.05, 3.63) is 12.3 Å². The summed E-state index contributed by atoms with van der Waals surface area (Å²) in [4.78, 5) is 10.7. The molecule has 86 valence electrons. The lowest BCUT2D eigenvalue weighted by Gasteiger charge is -2.27. The minimum absolute atomic E-state index is 0.197. The smallest absolute Gasteiger partial charge is 0.331 e. The van der Waals surface area contributed by atoms with Gasteiger partial charge in [0, 0.05) is 24.7 Å². The molecule has 0 radical (unpaired) electrons. The molecule has 2 unspecified atom stereocenters. The minimum Gasteiger partial charge on any atom is -0.466 e. The van der Waals surface area contributed by atoms with E-state index < -0.39 is 0 Å². The Balaban J connectivity index is 2.18. The summed E-state index contributed by atoms with van der Waals surface area (Å²) in [6.07, 6.45) is 6.98. The lowest BCUT2D eigenvalue weighted by molar-refractivity contribution is -0.134. The maximum atomic E-state index is 10.7. The highest BCUT2D eigenvalue weighted by Crippen LogP contribution is 2.23. The lowest BCUT2D eigenvalue weighted by atomic mass is 9.86. The molecule has 4 nitrogen and oxygen atoms in total. The van der Waals surface area contributed by atoms with Gasteiger partial charge in [-0.25, -0.2) is 4.79 Å². The Kier molecular flexibility index (Phi) is 5.18. The van der Waals surface area contributed by atoms with Crippen molar-refractivity contribution >= 4 is 5.97 Å². The Labute approximate surface area is 90.3 Å². The fourth-order valence-electron chi connectivity index (χ4n) is 1.84. The molecule has 2 N–H and O–H groups in total. The highest BCUT2D eigenvalue weighted by atomic mass is 16.5. The van der Waals surface area contributed by atoms with Gasteiger partial charge in [-0.05, 0) is 12.8 Å². The van der Waals surface area contributed by atoms with Gasteiger partial charge in [0.05, 0.1) is 13.2 Å². The van der Waals surface area contributed by atoms with Gasteiger partial charge in [0.2, 0.25) is 0 Å². The third-order valence-corrected chi connectivity index (χ3v) is 2.79. The van der Waals surface area contributed by atoms with Crippen LogP contribution in [0.4, 0.5) is 0 Å². The van der Waals surface area contributed by atoms with Gasteiger partial charge in [0.15, 0.2) is 0 Å². The first kappa shape index (κ1) is 12.0. The van der Waals surface area contributed by atoms with E-state index in [1.165, 1.54) is 19.6 Å². The van der Waals surface area contributed by atoms with E-state index in [1.54, 1.807) is 6.20 Å². The number of methoxy groups -OCH3 is 1. The van der Waals surface area contributed by atoms with Crippen molar-refractivity contribution < 1.29 is 14.6 Å². The predicted octanol–water partition coefficient (Wildman–Crippen LogP) is 0.814. The van der Waals surface area contributed by atoms with Crippen molar-refractivity contribution in [3.63, 3.8) is 0 Å². The van der Waals surface area contributed by atoms with Crippen LogP contribution in [0.25, 0.3) is 0 Å². The molecule has 1 saturated carbocycles. The average Bonchev–Trinajstić information content (AvgIpc) is 2.26. The molecule has 0 aromatic rings. The summed E-state index contributed by atoms with van der Waals surface area (Å²) in [5.41, 5.74) is 0. The first-order valence-electron chi connectivity index (χ1n) is 5.40. The molecule has 0 spiro atoms. The number of rotatable bonds is 4. The lowest BCUT2D eigenvalue weighted by Crippen LogP contribution is -2.32. The molecule has 1 fully saturated rings. The van der Waals surface area contributed by atoms with Crippen molar-refractivity contribution in [1.82, 2.24) is 5.32 Å². The molecule has 1 rings (SSSR count). The van der Waals surface area contributed by atoms with Crippen LogP contribution >= 0.6 is 0 Å². The summed E-state index contributed by atoms with van der Waals surface area (Å²) in [5, 5.41) is 12.7. The molecule has 0 aromatic carbocycles. The molecule has 0 saturated heterocycles. The number of nitrogens with one attached hydrogen (secondary N) is 1. The molecule has 2 atom stereocenters. The van der Waals surface area contributed by atoms with Crippen LogP contribution in [0, 0.1) is 5.92 Å². The summed E-state index contributed by atoms with van der Waals surface area (Å²) in [6, 6.07) is 0. The van der Waals surface area contributed by atoms with Gasteiger partial charge in [-0.3, -0.25) is 0 Å². The molecule has 0 amide bonds. The van der Waals surface area contributed by atoms with Crippen molar-refractivity contribution in [2.24, 2.45) is 5.92 Å². The number of aliphatic hydroxyl groups excluding tert-OH is 1. The van der Waals surface area contributed by atoms with E-state index in [1.807, 2.05) is 0 Å². The zero-order valence-corrected chi connectivity index (χ0v) is 9.11. The van der Waals surface area contributed by atoms with E-state index >= 15 is 0 Å². The summed E-state index contributed by atoms with van der Waals surface area (Å²) in [6.45, 7) is 0.717. The predicted molar refractivity (Wildman–Crippen MR) is 57.1 cm³/mol. The minimum atomic E-state index is -0.369. The van der Waals surface area contributed by atoms with Crippen molar-refractivity contribution in [1.29, 1.82) is 0 Å². The number of hydrogen-bond donors (Lipinski definition) is 2.